The molecule has 5 heteroatoms. The molecule has 0 fully saturated rings. The van der Waals surface area contributed by atoms with E-state index in [4.69, 9.17) is 4.74 Å². The zero-order valence-corrected chi connectivity index (χ0v) is 11.7. The van der Waals surface area contributed by atoms with Crippen molar-refractivity contribution in [3.63, 3.8) is 0 Å². The van der Waals surface area contributed by atoms with Gasteiger partial charge in [-0.05, 0) is 19.0 Å². The number of aromatic nitrogens is 3. The Bertz CT molecular complexity index is 541. The maximum atomic E-state index is 5.77. The van der Waals surface area contributed by atoms with Crippen LogP contribution in [0.3, 0.4) is 0 Å². The molecule has 2 atom stereocenters. The summed E-state index contributed by atoms with van der Waals surface area (Å²) in [5.74, 6) is 2.45. The average molecular weight is 272 g/mol. The summed E-state index contributed by atoms with van der Waals surface area (Å²) in [6.07, 6.45) is 3.52. The van der Waals surface area contributed by atoms with Crippen LogP contribution in [0, 0.1) is 5.92 Å². The largest absolute Gasteiger partial charge is 0.493 e. The summed E-state index contributed by atoms with van der Waals surface area (Å²) in [6, 6.07) is 8.66. The Kier molecular flexibility index (Phi) is 3.97. The van der Waals surface area contributed by atoms with E-state index >= 15 is 0 Å². The first-order valence-corrected chi connectivity index (χ1v) is 7.14. The number of ether oxygens (including phenoxy) is 1. The van der Waals surface area contributed by atoms with Crippen LogP contribution >= 0.6 is 0 Å². The second-order valence-corrected chi connectivity index (χ2v) is 5.29. The minimum absolute atomic E-state index is 0.370. The van der Waals surface area contributed by atoms with Gasteiger partial charge in [0.15, 0.2) is 0 Å². The van der Waals surface area contributed by atoms with Gasteiger partial charge in [-0.2, -0.15) is 5.10 Å². The molecule has 5 nitrogen and oxygen atoms in total. The van der Waals surface area contributed by atoms with Crippen LogP contribution in [-0.2, 0) is 6.42 Å². The first-order valence-electron chi connectivity index (χ1n) is 7.14. The Labute approximate surface area is 118 Å². The monoisotopic (exact) mass is 272 g/mol. The van der Waals surface area contributed by atoms with Crippen LogP contribution in [-0.4, -0.2) is 28.3 Å². The number of nitrogens with zero attached hydrogens (tertiary/aromatic N) is 2. The van der Waals surface area contributed by atoms with Gasteiger partial charge in [0, 0.05) is 23.9 Å². The zero-order valence-electron chi connectivity index (χ0n) is 11.7. The second kappa shape index (κ2) is 6.05. The molecule has 3 rings (SSSR count). The third-order valence-corrected chi connectivity index (χ3v) is 3.74. The lowest BCUT2D eigenvalue weighted by atomic mass is 9.92. The van der Waals surface area contributed by atoms with Crippen molar-refractivity contribution >= 4 is 0 Å². The number of aryl methyl sites for hydroxylation is 1. The molecule has 2 aromatic rings. The lowest BCUT2D eigenvalue weighted by Crippen LogP contribution is -2.34. The standard InChI is InChI=1S/C15H20N4O/c1-11-9-20-13-6-3-2-5-12(13)15(11)16-8-4-7-14-17-10-18-19-14/h2-3,5-6,10-11,15-16H,4,7-9H2,1H3,(H,17,18,19). The highest BCUT2D eigenvalue weighted by atomic mass is 16.5. The van der Waals surface area contributed by atoms with Gasteiger partial charge in [-0.1, -0.05) is 25.1 Å². The Hall–Kier alpha value is -1.88. The minimum Gasteiger partial charge on any atom is -0.493 e. The third-order valence-electron chi connectivity index (χ3n) is 3.74. The molecule has 0 saturated carbocycles. The number of nitrogens with one attached hydrogen (secondary N) is 2. The van der Waals surface area contributed by atoms with Gasteiger partial charge in [-0.25, -0.2) is 4.98 Å². The summed E-state index contributed by atoms with van der Waals surface area (Å²) in [7, 11) is 0. The zero-order chi connectivity index (χ0) is 13.8. The van der Waals surface area contributed by atoms with Crippen molar-refractivity contribution in [2.24, 2.45) is 5.92 Å². The van der Waals surface area contributed by atoms with Crippen LogP contribution < -0.4 is 10.1 Å². The van der Waals surface area contributed by atoms with Gasteiger partial charge >= 0.3 is 0 Å². The second-order valence-electron chi connectivity index (χ2n) is 5.29. The number of hydrogen-bond acceptors (Lipinski definition) is 4. The number of para-hydroxylation sites is 1. The molecular formula is C15H20N4O. The van der Waals surface area contributed by atoms with Crippen molar-refractivity contribution in [1.82, 2.24) is 20.5 Å². The van der Waals surface area contributed by atoms with Crippen LogP contribution in [0.15, 0.2) is 30.6 Å². The van der Waals surface area contributed by atoms with Gasteiger partial charge in [0.25, 0.3) is 0 Å². The quantitative estimate of drug-likeness (QED) is 0.818. The minimum atomic E-state index is 0.370. The normalized spacial score (nSPS) is 21.2. The van der Waals surface area contributed by atoms with E-state index in [0.29, 0.717) is 12.0 Å². The molecule has 2 unspecified atom stereocenters. The molecule has 2 heterocycles. The van der Waals surface area contributed by atoms with Crippen molar-refractivity contribution in [3.8, 4) is 5.75 Å². The first-order chi connectivity index (χ1) is 9.84. The summed E-state index contributed by atoms with van der Waals surface area (Å²) in [5, 5.41) is 10.4. The number of H-pyrrole nitrogens is 1. The highest BCUT2D eigenvalue weighted by Crippen LogP contribution is 2.34. The number of benzene rings is 1. The molecule has 1 aromatic heterocycles. The SMILES string of the molecule is CC1COc2ccccc2C1NCCCc1ncn[nH]1. The number of rotatable bonds is 5. The van der Waals surface area contributed by atoms with Crippen LogP contribution in [0.2, 0.25) is 0 Å². The topological polar surface area (TPSA) is 62.8 Å². The van der Waals surface area contributed by atoms with E-state index in [1.165, 1.54) is 5.56 Å². The molecule has 1 aliphatic rings. The fourth-order valence-electron chi connectivity index (χ4n) is 2.67. The van der Waals surface area contributed by atoms with Gasteiger partial charge in [0.05, 0.1) is 6.61 Å². The van der Waals surface area contributed by atoms with Crippen LogP contribution in [0.4, 0.5) is 0 Å². The number of hydrogen-bond donors (Lipinski definition) is 2. The lowest BCUT2D eigenvalue weighted by molar-refractivity contribution is 0.188. The summed E-state index contributed by atoms with van der Waals surface area (Å²) >= 11 is 0. The average Bonchev–Trinajstić information content (AvgIpc) is 2.98. The highest BCUT2D eigenvalue weighted by molar-refractivity contribution is 5.37. The van der Waals surface area contributed by atoms with Gasteiger partial charge in [0.1, 0.15) is 17.9 Å². The maximum absolute atomic E-state index is 5.77. The molecule has 1 aliphatic heterocycles. The molecule has 0 saturated heterocycles. The van der Waals surface area contributed by atoms with E-state index in [2.05, 4.69) is 39.6 Å². The molecule has 0 amide bonds. The number of fused-ring (bicyclic) bond motifs is 1. The molecule has 0 aliphatic carbocycles. The van der Waals surface area contributed by atoms with E-state index in [1.54, 1.807) is 6.33 Å². The van der Waals surface area contributed by atoms with E-state index in [9.17, 15) is 0 Å². The fraction of sp³-hybridized carbons (Fsp3) is 0.467. The Morgan fingerprint density at radius 3 is 3.15 bits per heavy atom. The van der Waals surface area contributed by atoms with Crippen LogP contribution in [0.25, 0.3) is 0 Å². The predicted molar refractivity (Wildman–Crippen MR) is 76.5 cm³/mol. The van der Waals surface area contributed by atoms with Crippen molar-refractivity contribution in [1.29, 1.82) is 0 Å². The Balaban J connectivity index is 1.56. The maximum Gasteiger partial charge on any atom is 0.137 e. The van der Waals surface area contributed by atoms with Gasteiger partial charge in [-0.15, -0.1) is 0 Å². The fourth-order valence-corrected chi connectivity index (χ4v) is 2.67. The van der Waals surface area contributed by atoms with Crippen molar-refractivity contribution in [2.45, 2.75) is 25.8 Å². The van der Waals surface area contributed by atoms with Crippen molar-refractivity contribution < 1.29 is 4.74 Å². The highest BCUT2D eigenvalue weighted by Gasteiger charge is 2.26. The van der Waals surface area contributed by atoms with Crippen LogP contribution in [0.1, 0.15) is 30.8 Å². The molecule has 106 valence electrons. The molecular weight excluding hydrogens is 252 g/mol. The summed E-state index contributed by atoms with van der Waals surface area (Å²) < 4.78 is 5.77. The summed E-state index contributed by atoms with van der Waals surface area (Å²) in [5.41, 5.74) is 1.27. The third kappa shape index (κ3) is 2.82. The lowest BCUT2D eigenvalue weighted by Gasteiger charge is -2.32. The molecule has 0 radical (unpaired) electrons. The molecule has 2 N–H and O–H groups in total. The number of aromatic amines is 1. The van der Waals surface area contributed by atoms with Crippen molar-refractivity contribution in [2.75, 3.05) is 13.2 Å². The molecule has 20 heavy (non-hydrogen) atoms. The molecule has 0 bridgehead atoms. The van der Waals surface area contributed by atoms with E-state index in [1.807, 2.05) is 12.1 Å². The van der Waals surface area contributed by atoms with Gasteiger partial charge < -0.3 is 10.1 Å². The van der Waals surface area contributed by atoms with Gasteiger partial charge in [0.2, 0.25) is 0 Å². The van der Waals surface area contributed by atoms with Crippen LogP contribution in [0.5, 0.6) is 5.75 Å². The molecule has 1 aromatic carbocycles. The van der Waals surface area contributed by atoms with E-state index in [0.717, 1.165) is 37.6 Å². The Morgan fingerprint density at radius 2 is 2.30 bits per heavy atom. The molecule has 0 spiro atoms. The Morgan fingerprint density at radius 1 is 1.40 bits per heavy atom. The van der Waals surface area contributed by atoms with Crippen molar-refractivity contribution in [3.05, 3.63) is 42.0 Å². The summed E-state index contributed by atoms with van der Waals surface area (Å²) in [6.45, 7) is 3.96. The van der Waals surface area contributed by atoms with Gasteiger partial charge in [-0.3, -0.25) is 5.10 Å². The predicted octanol–water partition coefficient (Wildman–Crippen LogP) is 2.10. The first kappa shape index (κ1) is 13.1. The van der Waals surface area contributed by atoms with E-state index in [-0.39, 0.29) is 0 Å². The van der Waals surface area contributed by atoms with E-state index < -0.39 is 0 Å². The summed E-state index contributed by atoms with van der Waals surface area (Å²) in [4.78, 5) is 4.14. The smallest absolute Gasteiger partial charge is 0.137 e.